The summed E-state index contributed by atoms with van der Waals surface area (Å²) in [5.41, 5.74) is 0. The maximum Gasteiger partial charge on any atom is 0.0153 e. The Hall–Kier alpha value is -0.0400. The molecule has 0 aliphatic rings. The fraction of sp³-hybridized carbons (Fsp3) is 1.00. The highest BCUT2D eigenvalue weighted by atomic mass is 14.8. The standard InChI is InChI=1S/C5H12N/c1-5(2)4-6-3/h5H,4H2,1-3H3. The van der Waals surface area contributed by atoms with E-state index in [1.54, 1.807) is 0 Å². The van der Waals surface area contributed by atoms with E-state index in [0.29, 0.717) is 0 Å². The fourth-order valence-electron chi connectivity index (χ4n) is 0.365. The van der Waals surface area contributed by atoms with Gasteiger partial charge >= 0.3 is 0 Å². The summed E-state index contributed by atoms with van der Waals surface area (Å²) in [6, 6.07) is 0. The first-order chi connectivity index (χ1) is 2.77. The van der Waals surface area contributed by atoms with Gasteiger partial charge in [-0.05, 0) is 5.92 Å². The summed E-state index contributed by atoms with van der Waals surface area (Å²) in [7, 11) is 1.85. The number of hydrogen-bond donors (Lipinski definition) is 0. The van der Waals surface area contributed by atoms with Crippen LogP contribution in [-0.2, 0) is 0 Å². The highest BCUT2D eigenvalue weighted by Crippen LogP contribution is 1.85. The molecule has 0 spiro atoms. The van der Waals surface area contributed by atoms with Crippen LogP contribution in [-0.4, -0.2) is 13.6 Å². The van der Waals surface area contributed by atoms with Crippen LogP contribution in [0.4, 0.5) is 0 Å². The van der Waals surface area contributed by atoms with E-state index in [1.165, 1.54) is 0 Å². The van der Waals surface area contributed by atoms with Crippen LogP contribution in [0.25, 0.3) is 0 Å². The summed E-state index contributed by atoms with van der Waals surface area (Å²) in [5, 5.41) is 3.94. The van der Waals surface area contributed by atoms with Gasteiger partial charge in [-0.2, -0.15) is 0 Å². The average Bonchev–Trinajstić information content (AvgIpc) is 1.35. The van der Waals surface area contributed by atoms with Crippen LogP contribution < -0.4 is 5.32 Å². The lowest BCUT2D eigenvalue weighted by atomic mass is 10.2. The fourth-order valence-corrected chi connectivity index (χ4v) is 0.365. The molecule has 0 fully saturated rings. The largest absolute Gasteiger partial charge is 0.245 e. The predicted molar refractivity (Wildman–Crippen MR) is 27.8 cm³/mol. The third-order valence-electron chi connectivity index (χ3n) is 0.548. The maximum atomic E-state index is 3.94. The van der Waals surface area contributed by atoms with Gasteiger partial charge in [0.2, 0.25) is 0 Å². The zero-order valence-corrected chi connectivity index (χ0v) is 4.73. The first kappa shape index (κ1) is 5.96. The molecule has 0 heterocycles. The first-order valence-corrected chi connectivity index (χ1v) is 2.33. The zero-order chi connectivity index (χ0) is 4.99. The molecule has 0 amide bonds. The van der Waals surface area contributed by atoms with Crippen LogP contribution >= 0.6 is 0 Å². The van der Waals surface area contributed by atoms with E-state index in [9.17, 15) is 0 Å². The van der Waals surface area contributed by atoms with Gasteiger partial charge in [0.05, 0.1) is 0 Å². The molecule has 0 unspecified atom stereocenters. The molecule has 1 nitrogen and oxygen atoms in total. The van der Waals surface area contributed by atoms with Crippen LogP contribution in [0.3, 0.4) is 0 Å². The minimum absolute atomic E-state index is 0.731. The number of rotatable bonds is 2. The summed E-state index contributed by atoms with van der Waals surface area (Å²) in [6.45, 7) is 5.32. The summed E-state index contributed by atoms with van der Waals surface area (Å²) in [4.78, 5) is 0. The van der Waals surface area contributed by atoms with Crippen LogP contribution in [0.2, 0.25) is 0 Å². The molecule has 0 saturated heterocycles. The van der Waals surface area contributed by atoms with Crippen LogP contribution in [0.15, 0.2) is 0 Å². The lowest BCUT2D eigenvalue weighted by Gasteiger charge is -1.96. The van der Waals surface area contributed by atoms with Crippen LogP contribution in [0, 0.1) is 5.92 Å². The second-order valence-electron chi connectivity index (χ2n) is 1.89. The molecule has 1 radical (unpaired) electrons. The minimum Gasteiger partial charge on any atom is -0.245 e. The molecule has 0 rings (SSSR count). The molecule has 37 valence electrons. The molecular formula is C5H12N. The normalized spacial score (nSPS) is 10.0. The Kier molecular flexibility index (Phi) is 3.14. The second-order valence-corrected chi connectivity index (χ2v) is 1.89. The van der Waals surface area contributed by atoms with E-state index in [-0.39, 0.29) is 0 Å². The Labute approximate surface area is 39.7 Å². The Morgan fingerprint density at radius 1 is 1.50 bits per heavy atom. The molecular weight excluding hydrogens is 74.1 g/mol. The first-order valence-electron chi connectivity index (χ1n) is 2.33. The Bertz CT molecular complexity index is 25.1. The van der Waals surface area contributed by atoms with Crippen molar-refractivity contribution >= 4 is 0 Å². The zero-order valence-electron chi connectivity index (χ0n) is 4.73. The third-order valence-corrected chi connectivity index (χ3v) is 0.548. The second kappa shape index (κ2) is 3.16. The van der Waals surface area contributed by atoms with Gasteiger partial charge in [-0.25, -0.2) is 5.32 Å². The Morgan fingerprint density at radius 2 is 2.00 bits per heavy atom. The Balaban J connectivity index is 2.63. The van der Waals surface area contributed by atoms with E-state index in [1.807, 2.05) is 7.05 Å². The summed E-state index contributed by atoms with van der Waals surface area (Å²) < 4.78 is 0. The summed E-state index contributed by atoms with van der Waals surface area (Å²) in [5.74, 6) is 0.731. The van der Waals surface area contributed by atoms with E-state index in [4.69, 9.17) is 0 Å². The van der Waals surface area contributed by atoms with Crippen molar-refractivity contribution in [3.8, 4) is 0 Å². The van der Waals surface area contributed by atoms with Crippen molar-refractivity contribution in [1.29, 1.82) is 0 Å². The van der Waals surface area contributed by atoms with Gasteiger partial charge < -0.3 is 0 Å². The van der Waals surface area contributed by atoms with Crippen molar-refractivity contribution in [3.05, 3.63) is 0 Å². The number of nitrogens with zero attached hydrogens (tertiary/aromatic N) is 1. The number of hydrogen-bond acceptors (Lipinski definition) is 0. The van der Waals surface area contributed by atoms with Gasteiger partial charge in [0.15, 0.2) is 0 Å². The molecule has 0 aliphatic heterocycles. The lowest BCUT2D eigenvalue weighted by Crippen LogP contribution is -2.05. The van der Waals surface area contributed by atoms with E-state index >= 15 is 0 Å². The van der Waals surface area contributed by atoms with E-state index < -0.39 is 0 Å². The van der Waals surface area contributed by atoms with Gasteiger partial charge in [0.25, 0.3) is 0 Å². The average molecular weight is 86.2 g/mol. The molecule has 0 aromatic carbocycles. The lowest BCUT2D eigenvalue weighted by molar-refractivity contribution is 0.588. The maximum absolute atomic E-state index is 3.94. The van der Waals surface area contributed by atoms with Gasteiger partial charge in [0.1, 0.15) is 0 Å². The van der Waals surface area contributed by atoms with Crippen LogP contribution in [0.5, 0.6) is 0 Å². The van der Waals surface area contributed by atoms with Gasteiger partial charge in [-0.1, -0.05) is 13.8 Å². The highest BCUT2D eigenvalue weighted by Gasteiger charge is 1.85. The van der Waals surface area contributed by atoms with Gasteiger partial charge in [-0.15, -0.1) is 0 Å². The molecule has 0 aliphatic carbocycles. The van der Waals surface area contributed by atoms with E-state index in [0.717, 1.165) is 12.5 Å². The van der Waals surface area contributed by atoms with Gasteiger partial charge in [-0.3, -0.25) is 0 Å². The monoisotopic (exact) mass is 86.1 g/mol. The van der Waals surface area contributed by atoms with Crippen molar-refractivity contribution in [2.45, 2.75) is 13.8 Å². The highest BCUT2D eigenvalue weighted by molar-refractivity contribution is 4.42. The van der Waals surface area contributed by atoms with Crippen molar-refractivity contribution < 1.29 is 0 Å². The Morgan fingerprint density at radius 3 is 2.00 bits per heavy atom. The quantitative estimate of drug-likeness (QED) is 0.473. The molecule has 0 atom stereocenters. The van der Waals surface area contributed by atoms with Crippen molar-refractivity contribution in [2.75, 3.05) is 13.6 Å². The van der Waals surface area contributed by atoms with Crippen molar-refractivity contribution in [2.24, 2.45) is 5.92 Å². The van der Waals surface area contributed by atoms with Crippen molar-refractivity contribution in [3.63, 3.8) is 0 Å². The topological polar surface area (TPSA) is 14.1 Å². The molecule has 0 N–H and O–H groups in total. The predicted octanol–water partition coefficient (Wildman–Crippen LogP) is 0.877. The van der Waals surface area contributed by atoms with Gasteiger partial charge in [0, 0.05) is 13.6 Å². The van der Waals surface area contributed by atoms with E-state index in [2.05, 4.69) is 19.2 Å². The molecule has 6 heavy (non-hydrogen) atoms. The van der Waals surface area contributed by atoms with Crippen LogP contribution in [0.1, 0.15) is 13.8 Å². The summed E-state index contributed by atoms with van der Waals surface area (Å²) in [6.07, 6.45) is 0. The molecule has 1 heteroatoms. The molecule has 0 aromatic heterocycles. The smallest absolute Gasteiger partial charge is 0.0153 e. The molecule has 0 saturated carbocycles. The van der Waals surface area contributed by atoms with Crippen molar-refractivity contribution in [1.82, 2.24) is 5.32 Å². The SMILES string of the molecule is C[N]CC(C)C. The minimum atomic E-state index is 0.731. The summed E-state index contributed by atoms with van der Waals surface area (Å²) >= 11 is 0. The molecule has 0 aromatic rings. The molecule has 0 bridgehead atoms. The third kappa shape index (κ3) is 3.96.